The van der Waals surface area contributed by atoms with E-state index in [-0.39, 0.29) is 28.6 Å². The molecule has 126 valence electrons. The smallest absolute Gasteiger partial charge is 0.288 e. The van der Waals surface area contributed by atoms with Gasteiger partial charge < -0.3 is 10.1 Å². The maximum Gasteiger partial charge on any atom is 0.288 e. The van der Waals surface area contributed by atoms with Gasteiger partial charge in [0.1, 0.15) is 5.75 Å². The minimum atomic E-state index is -2.60. The average Bonchev–Trinajstić information content (AvgIpc) is 2.54. The second-order valence-electron chi connectivity index (χ2n) is 4.46. The number of carbonyl (C=O) groups excluding carboxylic acids is 1. The molecule has 0 radical (unpaired) electrons. The molecule has 0 unspecified atom stereocenters. The number of thioether (sulfide) groups is 1. The quantitative estimate of drug-likeness (QED) is 0.463. The summed E-state index contributed by atoms with van der Waals surface area (Å²) >= 11 is 0.333. The fourth-order valence-electron chi connectivity index (χ4n) is 1.77. The van der Waals surface area contributed by atoms with Crippen LogP contribution in [0.1, 0.15) is 0 Å². The number of carbonyl (C=O) groups is 1. The lowest BCUT2D eigenvalue weighted by atomic mass is 10.3. The summed E-state index contributed by atoms with van der Waals surface area (Å²) in [6.45, 7) is -0.356. The van der Waals surface area contributed by atoms with Gasteiger partial charge in [0.15, 0.2) is 6.61 Å². The highest BCUT2D eigenvalue weighted by molar-refractivity contribution is 7.99. The highest BCUT2D eigenvalue weighted by Crippen LogP contribution is 2.31. The molecule has 2 aromatic rings. The van der Waals surface area contributed by atoms with E-state index >= 15 is 0 Å². The van der Waals surface area contributed by atoms with Crippen molar-refractivity contribution >= 4 is 29.0 Å². The van der Waals surface area contributed by atoms with Crippen LogP contribution in [0.15, 0.2) is 53.4 Å². The Hall–Kier alpha value is -2.68. The van der Waals surface area contributed by atoms with Gasteiger partial charge in [0.2, 0.25) is 0 Å². The van der Waals surface area contributed by atoms with E-state index in [9.17, 15) is 23.7 Å². The Kier molecular flexibility index (Phi) is 6.07. The van der Waals surface area contributed by atoms with E-state index in [1.165, 1.54) is 36.4 Å². The first-order valence-corrected chi connectivity index (χ1v) is 7.54. The Bertz CT molecular complexity index is 726. The number of amides is 1. The maximum absolute atomic E-state index is 12.5. The van der Waals surface area contributed by atoms with Crippen molar-refractivity contribution in [2.24, 2.45) is 0 Å². The van der Waals surface area contributed by atoms with Gasteiger partial charge in [0.05, 0.1) is 10.6 Å². The molecule has 1 N–H and O–H groups in total. The second kappa shape index (κ2) is 8.25. The maximum atomic E-state index is 12.5. The van der Waals surface area contributed by atoms with Crippen molar-refractivity contribution in [1.82, 2.24) is 0 Å². The Morgan fingerprint density at radius 1 is 1.21 bits per heavy atom. The number of hydrogen-bond acceptors (Lipinski definition) is 5. The monoisotopic (exact) mass is 354 g/mol. The molecule has 6 nitrogen and oxygen atoms in total. The van der Waals surface area contributed by atoms with Gasteiger partial charge in [-0.15, -0.1) is 0 Å². The van der Waals surface area contributed by atoms with Crippen LogP contribution in [0.2, 0.25) is 0 Å². The molecule has 0 aromatic heterocycles. The highest BCUT2D eigenvalue weighted by atomic mass is 32.2. The molecule has 0 saturated carbocycles. The molecule has 0 aliphatic heterocycles. The van der Waals surface area contributed by atoms with Crippen LogP contribution in [-0.2, 0) is 4.79 Å². The number of rotatable bonds is 7. The minimum Gasteiger partial charge on any atom is -0.484 e. The van der Waals surface area contributed by atoms with Gasteiger partial charge in [-0.25, -0.2) is 0 Å². The third kappa shape index (κ3) is 5.20. The number of alkyl halides is 2. The number of ether oxygens (including phenoxy) is 1. The average molecular weight is 354 g/mol. The molecule has 0 saturated heterocycles. The molecule has 0 spiro atoms. The summed E-state index contributed by atoms with van der Waals surface area (Å²) < 4.78 is 30.2. The van der Waals surface area contributed by atoms with E-state index in [1.54, 1.807) is 12.1 Å². The second-order valence-corrected chi connectivity index (χ2v) is 5.49. The Labute approximate surface area is 140 Å². The van der Waals surface area contributed by atoms with Crippen LogP contribution in [-0.4, -0.2) is 23.2 Å². The Morgan fingerprint density at radius 3 is 2.50 bits per heavy atom. The number of nitro groups is 1. The van der Waals surface area contributed by atoms with Crippen molar-refractivity contribution in [2.45, 2.75) is 10.7 Å². The number of anilines is 1. The number of hydrogen-bond donors (Lipinski definition) is 1. The normalized spacial score (nSPS) is 10.5. The fraction of sp³-hybridized carbons (Fsp3) is 0.133. The largest absolute Gasteiger partial charge is 0.484 e. The van der Waals surface area contributed by atoms with Gasteiger partial charge in [-0.05, 0) is 24.3 Å². The summed E-state index contributed by atoms with van der Waals surface area (Å²) in [5.74, 6) is -2.85. The molecular weight excluding hydrogens is 342 g/mol. The van der Waals surface area contributed by atoms with Crippen LogP contribution in [0.4, 0.5) is 20.2 Å². The third-order valence-electron chi connectivity index (χ3n) is 2.79. The lowest BCUT2D eigenvalue weighted by Gasteiger charge is -2.11. The Morgan fingerprint density at radius 2 is 1.88 bits per heavy atom. The van der Waals surface area contributed by atoms with Crippen LogP contribution >= 0.6 is 11.8 Å². The molecule has 2 aromatic carbocycles. The molecule has 0 fully saturated rings. The number of halogens is 2. The molecule has 1 amide bonds. The summed E-state index contributed by atoms with van der Waals surface area (Å²) in [6, 6.07) is 11.4. The van der Waals surface area contributed by atoms with E-state index in [0.717, 1.165) is 0 Å². The molecule has 0 bridgehead atoms. The number of nitrogens with one attached hydrogen (secondary N) is 1. The number of non-ortho nitro benzene ring substituents is 1. The van der Waals surface area contributed by atoms with E-state index in [4.69, 9.17) is 4.74 Å². The number of nitro benzene ring substituents is 1. The number of para-hydroxylation sites is 1. The summed E-state index contributed by atoms with van der Waals surface area (Å²) in [5, 5.41) is 13.0. The zero-order chi connectivity index (χ0) is 17.5. The first kappa shape index (κ1) is 17.7. The van der Waals surface area contributed by atoms with Gasteiger partial charge in [-0.2, -0.15) is 8.78 Å². The number of nitrogens with zero attached hydrogens (tertiary/aromatic N) is 1. The van der Waals surface area contributed by atoms with Crippen molar-refractivity contribution in [3.05, 3.63) is 58.6 Å². The van der Waals surface area contributed by atoms with Crippen LogP contribution in [0, 0.1) is 10.1 Å². The fourth-order valence-corrected chi connectivity index (χ4v) is 2.36. The molecule has 2 rings (SSSR count). The van der Waals surface area contributed by atoms with Gasteiger partial charge in [-0.3, -0.25) is 14.9 Å². The summed E-state index contributed by atoms with van der Waals surface area (Å²) in [6.07, 6.45) is 0. The van der Waals surface area contributed by atoms with Crippen LogP contribution < -0.4 is 10.1 Å². The van der Waals surface area contributed by atoms with Crippen molar-refractivity contribution < 1.29 is 23.2 Å². The van der Waals surface area contributed by atoms with Crippen LogP contribution in [0.25, 0.3) is 0 Å². The molecular formula is C15H12F2N2O4S. The standard InChI is InChI=1S/C15H12F2N2O4S/c16-15(17)24-13-4-2-1-3-12(13)18-14(20)9-23-11-7-5-10(6-8-11)19(21)22/h1-8,15H,9H2,(H,18,20). The van der Waals surface area contributed by atoms with E-state index in [2.05, 4.69) is 5.32 Å². The van der Waals surface area contributed by atoms with Crippen molar-refractivity contribution in [1.29, 1.82) is 0 Å². The SMILES string of the molecule is O=C(COc1ccc([N+](=O)[O-])cc1)Nc1ccccc1SC(F)F. The van der Waals surface area contributed by atoms with E-state index < -0.39 is 16.6 Å². The molecule has 0 atom stereocenters. The van der Waals surface area contributed by atoms with Crippen molar-refractivity contribution in [2.75, 3.05) is 11.9 Å². The van der Waals surface area contributed by atoms with Crippen molar-refractivity contribution in [3.8, 4) is 5.75 Å². The van der Waals surface area contributed by atoms with Gasteiger partial charge in [0.25, 0.3) is 17.4 Å². The third-order valence-corrected chi connectivity index (χ3v) is 3.58. The minimum absolute atomic E-state index is 0.0928. The highest BCUT2D eigenvalue weighted by Gasteiger charge is 2.12. The zero-order valence-electron chi connectivity index (χ0n) is 12.1. The lowest BCUT2D eigenvalue weighted by Crippen LogP contribution is -2.20. The Balaban J connectivity index is 1.93. The number of benzene rings is 2. The van der Waals surface area contributed by atoms with E-state index in [0.29, 0.717) is 11.8 Å². The zero-order valence-corrected chi connectivity index (χ0v) is 13.0. The first-order chi connectivity index (χ1) is 11.5. The van der Waals surface area contributed by atoms with Gasteiger partial charge in [0, 0.05) is 17.0 Å². The first-order valence-electron chi connectivity index (χ1n) is 6.66. The topological polar surface area (TPSA) is 81.5 Å². The van der Waals surface area contributed by atoms with Crippen LogP contribution in [0.5, 0.6) is 5.75 Å². The van der Waals surface area contributed by atoms with Gasteiger partial charge >= 0.3 is 0 Å². The predicted octanol–water partition coefficient (Wildman–Crippen LogP) is 3.93. The summed E-state index contributed by atoms with van der Waals surface area (Å²) in [7, 11) is 0. The molecule has 24 heavy (non-hydrogen) atoms. The van der Waals surface area contributed by atoms with E-state index in [1.807, 2.05) is 0 Å². The molecule has 9 heteroatoms. The predicted molar refractivity (Wildman–Crippen MR) is 85.5 cm³/mol. The summed E-state index contributed by atoms with van der Waals surface area (Å²) in [5.41, 5.74) is 0.171. The van der Waals surface area contributed by atoms with Crippen LogP contribution in [0.3, 0.4) is 0 Å². The summed E-state index contributed by atoms with van der Waals surface area (Å²) in [4.78, 5) is 22.1. The lowest BCUT2D eigenvalue weighted by molar-refractivity contribution is -0.384. The van der Waals surface area contributed by atoms with Gasteiger partial charge in [-0.1, -0.05) is 23.9 Å². The molecule has 0 aliphatic rings. The molecule has 0 heterocycles. The molecule has 0 aliphatic carbocycles. The van der Waals surface area contributed by atoms with Crippen molar-refractivity contribution in [3.63, 3.8) is 0 Å².